The molecule has 0 spiro atoms. The van der Waals surface area contributed by atoms with Gasteiger partial charge in [-0.3, -0.25) is 37.3 Å². The molecule has 0 saturated carbocycles. The van der Waals surface area contributed by atoms with Gasteiger partial charge in [0.15, 0.2) is 12.2 Å². The highest BCUT2D eigenvalue weighted by Crippen LogP contribution is 2.45. The van der Waals surface area contributed by atoms with Crippen LogP contribution in [0.25, 0.3) is 0 Å². The van der Waals surface area contributed by atoms with Gasteiger partial charge >= 0.3 is 39.5 Å². The highest BCUT2D eigenvalue weighted by Gasteiger charge is 2.30. The number of carbonyl (C=O) groups is 4. The van der Waals surface area contributed by atoms with E-state index in [1.165, 1.54) is 109 Å². The van der Waals surface area contributed by atoms with Crippen molar-refractivity contribution in [1.29, 1.82) is 0 Å². The van der Waals surface area contributed by atoms with Crippen LogP contribution >= 0.6 is 15.6 Å². The van der Waals surface area contributed by atoms with Gasteiger partial charge in [0.1, 0.15) is 19.3 Å². The number of hydrogen-bond donors (Lipinski definition) is 3. The maximum Gasteiger partial charge on any atom is 0.472 e. The van der Waals surface area contributed by atoms with Crippen LogP contribution < -0.4 is 0 Å². The van der Waals surface area contributed by atoms with Crippen molar-refractivity contribution in [1.82, 2.24) is 0 Å². The van der Waals surface area contributed by atoms with Crippen LogP contribution in [0.1, 0.15) is 311 Å². The fourth-order valence-electron chi connectivity index (χ4n) is 9.32. The van der Waals surface area contributed by atoms with Crippen LogP contribution in [0.5, 0.6) is 0 Å². The fraction of sp³-hybridized carbons (Fsp3) is 0.937. The summed E-state index contributed by atoms with van der Waals surface area (Å²) in [6, 6.07) is 0. The van der Waals surface area contributed by atoms with Crippen molar-refractivity contribution >= 4 is 39.5 Å². The van der Waals surface area contributed by atoms with Crippen LogP contribution in [0.15, 0.2) is 0 Å². The van der Waals surface area contributed by atoms with Crippen LogP contribution in [0.2, 0.25) is 0 Å². The first-order valence-corrected chi connectivity index (χ1v) is 36.0. The molecule has 486 valence electrons. The lowest BCUT2D eigenvalue weighted by Crippen LogP contribution is -2.30. The van der Waals surface area contributed by atoms with Crippen LogP contribution in [-0.2, 0) is 65.4 Å². The molecule has 0 bridgehead atoms. The Bertz CT molecular complexity index is 1620. The fourth-order valence-corrected chi connectivity index (χ4v) is 10.9. The molecular formula is C63H122O17P2. The third-order valence-electron chi connectivity index (χ3n) is 14.8. The lowest BCUT2D eigenvalue weighted by molar-refractivity contribution is -0.161. The van der Waals surface area contributed by atoms with E-state index in [4.69, 9.17) is 37.0 Å². The Morgan fingerprint density at radius 3 is 0.927 bits per heavy atom. The molecule has 6 atom stereocenters. The molecule has 0 heterocycles. The molecule has 0 radical (unpaired) electrons. The first-order valence-electron chi connectivity index (χ1n) is 33.0. The molecule has 0 aliphatic heterocycles. The zero-order chi connectivity index (χ0) is 60.8. The predicted molar refractivity (Wildman–Crippen MR) is 326 cm³/mol. The smallest absolute Gasteiger partial charge is 0.462 e. The summed E-state index contributed by atoms with van der Waals surface area (Å²) in [5.41, 5.74) is 0. The van der Waals surface area contributed by atoms with Crippen molar-refractivity contribution in [2.75, 3.05) is 39.6 Å². The molecule has 3 unspecified atom stereocenters. The van der Waals surface area contributed by atoms with Gasteiger partial charge in [-0.25, -0.2) is 9.13 Å². The zero-order valence-corrected chi connectivity index (χ0v) is 54.6. The lowest BCUT2D eigenvalue weighted by Gasteiger charge is -2.21. The minimum Gasteiger partial charge on any atom is -0.462 e. The van der Waals surface area contributed by atoms with Gasteiger partial charge in [0.25, 0.3) is 0 Å². The summed E-state index contributed by atoms with van der Waals surface area (Å²) in [6.07, 6.45) is 37.9. The van der Waals surface area contributed by atoms with E-state index in [-0.39, 0.29) is 25.7 Å². The number of rotatable bonds is 62. The van der Waals surface area contributed by atoms with Crippen LogP contribution in [0.3, 0.4) is 0 Å². The molecule has 0 aromatic carbocycles. The van der Waals surface area contributed by atoms with Gasteiger partial charge < -0.3 is 33.8 Å². The van der Waals surface area contributed by atoms with Gasteiger partial charge in [-0.1, -0.05) is 260 Å². The van der Waals surface area contributed by atoms with Gasteiger partial charge in [0.2, 0.25) is 0 Å². The predicted octanol–water partition coefficient (Wildman–Crippen LogP) is 17.3. The average molecular weight is 1210 g/mol. The molecule has 17 nitrogen and oxygen atoms in total. The van der Waals surface area contributed by atoms with Crippen molar-refractivity contribution < 1.29 is 80.2 Å². The summed E-state index contributed by atoms with van der Waals surface area (Å²) >= 11 is 0. The number of aliphatic hydroxyl groups excluding tert-OH is 1. The summed E-state index contributed by atoms with van der Waals surface area (Å²) in [4.78, 5) is 72.0. The largest absolute Gasteiger partial charge is 0.472 e. The highest BCUT2D eigenvalue weighted by atomic mass is 31.2. The Morgan fingerprint density at radius 1 is 0.354 bits per heavy atom. The van der Waals surface area contributed by atoms with E-state index in [0.29, 0.717) is 31.6 Å². The monoisotopic (exact) mass is 1210 g/mol. The molecular weight excluding hydrogens is 1090 g/mol. The standard InChI is InChI=1S/C63H122O17P2/c1-7-10-12-14-16-17-18-19-20-21-22-23-24-26-35-41-47-62(67)79-58(52-74-61(66)46-40-34-30-28-32-38-44-56(6)9-3)53-77-81(69,70)75-49-57(64)50-76-82(71,72)78-54-59(51-73-60(65)45-39-33-25-15-13-11-8-2)80-63(68)48-42-36-29-27-31-37-43-55(4)5/h55-59,64H,7-54H2,1-6H3,(H,69,70)(H,71,72)/t56?,57-,58-,59-/m1/s1. The second-order valence-electron chi connectivity index (χ2n) is 23.5. The maximum atomic E-state index is 13.0. The number of hydrogen-bond acceptors (Lipinski definition) is 15. The summed E-state index contributed by atoms with van der Waals surface area (Å²) < 4.78 is 67.8. The second-order valence-corrected chi connectivity index (χ2v) is 26.4. The Labute approximate surface area is 498 Å². The molecule has 0 rings (SSSR count). The normalized spacial score (nSPS) is 14.7. The van der Waals surface area contributed by atoms with Gasteiger partial charge in [0.05, 0.1) is 26.4 Å². The van der Waals surface area contributed by atoms with Gasteiger partial charge in [-0.05, 0) is 37.5 Å². The van der Waals surface area contributed by atoms with Crippen molar-refractivity contribution in [3.05, 3.63) is 0 Å². The number of unbranched alkanes of at least 4 members (excludes halogenated alkanes) is 31. The molecule has 0 aromatic rings. The summed E-state index contributed by atoms with van der Waals surface area (Å²) in [6.45, 7) is 9.32. The third-order valence-corrected chi connectivity index (χ3v) is 16.7. The molecule has 19 heteroatoms. The molecule has 0 fully saturated rings. The number of aliphatic hydroxyl groups is 1. The first-order chi connectivity index (χ1) is 39.4. The topological polar surface area (TPSA) is 237 Å². The van der Waals surface area contributed by atoms with Gasteiger partial charge in [-0.15, -0.1) is 0 Å². The number of ether oxygens (including phenoxy) is 4. The molecule has 0 aliphatic rings. The maximum absolute atomic E-state index is 13.0. The van der Waals surface area contributed by atoms with E-state index in [1.807, 2.05) is 0 Å². The Hall–Kier alpha value is -1.94. The van der Waals surface area contributed by atoms with E-state index in [0.717, 1.165) is 115 Å². The summed E-state index contributed by atoms with van der Waals surface area (Å²) in [7, 11) is -9.88. The third kappa shape index (κ3) is 55.9. The second kappa shape index (κ2) is 55.6. The van der Waals surface area contributed by atoms with Crippen LogP contribution in [0.4, 0.5) is 0 Å². The minimum atomic E-state index is -4.94. The van der Waals surface area contributed by atoms with E-state index in [9.17, 15) is 43.2 Å². The quantitative estimate of drug-likeness (QED) is 0.0222. The SMILES string of the molecule is CCCCCCCCCCCCCCCCCCC(=O)O[C@H](COC(=O)CCCCCCCCC(C)CC)COP(=O)(O)OC[C@@H](O)COP(=O)(O)OC[C@@H](COC(=O)CCCCCCCCC)OC(=O)CCCCCCCCC(C)C. The highest BCUT2D eigenvalue weighted by molar-refractivity contribution is 7.47. The summed E-state index contributed by atoms with van der Waals surface area (Å²) in [5, 5.41) is 10.5. The Balaban J connectivity index is 5.19. The zero-order valence-electron chi connectivity index (χ0n) is 52.8. The van der Waals surface area contributed by atoms with E-state index >= 15 is 0 Å². The number of carbonyl (C=O) groups excluding carboxylic acids is 4. The lowest BCUT2D eigenvalue weighted by atomic mass is 10.00. The first kappa shape index (κ1) is 80.1. The number of phosphoric acid groups is 2. The van der Waals surface area contributed by atoms with Crippen molar-refractivity contribution in [3.8, 4) is 0 Å². The van der Waals surface area contributed by atoms with Crippen molar-refractivity contribution in [2.45, 2.75) is 330 Å². The van der Waals surface area contributed by atoms with Gasteiger partial charge in [0, 0.05) is 25.7 Å². The van der Waals surface area contributed by atoms with E-state index in [1.54, 1.807) is 0 Å². The van der Waals surface area contributed by atoms with Crippen molar-refractivity contribution in [3.63, 3.8) is 0 Å². The molecule has 0 amide bonds. The number of esters is 4. The van der Waals surface area contributed by atoms with Crippen LogP contribution in [0, 0.1) is 11.8 Å². The molecule has 0 aliphatic carbocycles. The van der Waals surface area contributed by atoms with Gasteiger partial charge in [-0.2, -0.15) is 0 Å². The molecule has 0 aromatic heterocycles. The van der Waals surface area contributed by atoms with Crippen molar-refractivity contribution in [2.24, 2.45) is 11.8 Å². The number of phosphoric ester groups is 2. The molecule has 3 N–H and O–H groups in total. The Morgan fingerprint density at radius 2 is 0.622 bits per heavy atom. The minimum absolute atomic E-state index is 0.101. The molecule has 0 saturated heterocycles. The summed E-state index contributed by atoms with van der Waals surface area (Å²) in [5.74, 6) is -0.743. The van der Waals surface area contributed by atoms with E-state index in [2.05, 4.69) is 41.5 Å². The average Bonchev–Trinajstić information content (AvgIpc) is 3.44. The van der Waals surface area contributed by atoms with Crippen LogP contribution in [-0.4, -0.2) is 96.7 Å². The Kier molecular flexibility index (Phi) is 54.3. The molecule has 82 heavy (non-hydrogen) atoms. The van der Waals surface area contributed by atoms with E-state index < -0.39 is 97.5 Å².